The lowest BCUT2D eigenvalue weighted by Crippen LogP contribution is -2.29. The molecule has 0 spiro atoms. The van der Waals surface area contributed by atoms with Crippen LogP contribution >= 0.6 is 0 Å². The maximum Gasteiger partial charge on any atom is 0.233 e. The van der Waals surface area contributed by atoms with Crippen LogP contribution in [-0.2, 0) is 4.74 Å². The Morgan fingerprint density at radius 1 is 1.22 bits per heavy atom. The smallest absolute Gasteiger partial charge is 0.233 e. The maximum absolute atomic E-state index is 5.90. The first-order chi connectivity index (χ1) is 13.1. The predicted octanol–water partition coefficient (Wildman–Crippen LogP) is 3.16. The molecule has 0 atom stereocenters. The number of rotatable bonds is 5. The van der Waals surface area contributed by atoms with Gasteiger partial charge in [-0.3, -0.25) is 0 Å². The van der Waals surface area contributed by atoms with Crippen LogP contribution in [0.15, 0.2) is 30.5 Å². The van der Waals surface area contributed by atoms with E-state index in [4.69, 9.17) is 15.5 Å². The summed E-state index contributed by atoms with van der Waals surface area (Å²) in [7, 11) is 0. The second kappa shape index (κ2) is 7.40. The summed E-state index contributed by atoms with van der Waals surface area (Å²) in [5.74, 6) is 1.52. The minimum Gasteiger partial charge on any atom is -0.399 e. The quantitative estimate of drug-likeness (QED) is 0.595. The van der Waals surface area contributed by atoms with Crippen LogP contribution in [0, 0.1) is 0 Å². The van der Waals surface area contributed by atoms with Crippen molar-refractivity contribution in [3.05, 3.63) is 36.0 Å². The van der Waals surface area contributed by atoms with Gasteiger partial charge < -0.3 is 21.1 Å². The molecule has 1 aliphatic rings. The Balaban J connectivity index is 1.73. The molecule has 1 aromatic carbocycles. The fraction of sp³-hybridized carbons (Fsp3) is 0.421. The summed E-state index contributed by atoms with van der Waals surface area (Å²) in [6.45, 7) is 5.79. The van der Waals surface area contributed by atoms with Crippen LogP contribution in [0.2, 0.25) is 0 Å². The first-order valence-electron chi connectivity index (χ1n) is 9.32. The SMILES string of the molecule is CC(C)c1cnn2c(Nc3cccc(N)c3)nc(NC3CCOCC3)nc12. The average Bonchev–Trinajstić information content (AvgIpc) is 3.07. The minimum atomic E-state index is 0.312. The number of hydrogen-bond donors (Lipinski definition) is 3. The van der Waals surface area contributed by atoms with Crippen LogP contribution < -0.4 is 16.4 Å². The molecule has 142 valence electrons. The van der Waals surface area contributed by atoms with Gasteiger partial charge in [0.25, 0.3) is 0 Å². The van der Waals surface area contributed by atoms with Crippen molar-refractivity contribution in [1.82, 2.24) is 19.6 Å². The number of fused-ring (bicyclic) bond motifs is 1. The first-order valence-corrected chi connectivity index (χ1v) is 9.32. The normalized spacial score (nSPS) is 15.4. The van der Waals surface area contributed by atoms with Crippen molar-refractivity contribution in [2.75, 3.05) is 29.6 Å². The van der Waals surface area contributed by atoms with Gasteiger partial charge in [0, 0.05) is 36.2 Å². The molecule has 0 amide bonds. The molecule has 2 aromatic heterocycles. The highest BCUT2D eigenvalue weighted by Gasteiger charge is 2.19. The average molecular weight is 367 g/mol. The van der Waals surface area contributed by atoms with E-state index in [0.717, 1.165) is 43.0 Å². The Morgan fingerprint density at radius 2 is 2.04 bits per heavy atom. The van der Waals surface area contributed by atoms with Crippen molar-refractivity contribution >= 4 is 28.9 Å². The van der Waals surface area contributed by atoms with E-state index >= 15 is 0 Å². The number of benzene rings is 1. The second-order valence-corrected chi connectivity index (χ2v) is 7.14. The van der Waals surface area contributed by atoms with Crippen LogP contribution in [0.1, 0.15) is 38.2 Å². The van der Waals surface area contributed by atoms with Crippen LogP contribution in [-0.4, -0.2) is 38.8 Å². The largest absolute Gasteiger partial charge is 0.399 e. The summed E-state index contributed by atoms with van der Waals surface area (Å²) in [6.07, 6.45) is 3.75. The Kier molecular flexibility index (Phi) is 4.81. The lowest BCUT2D eigenvalue weighted by Gasteiger charge is -2.23. The molecule has 1 fully saturated rings. The van der Waals surface area contributed by atoms with E-state index in [-0.39, 0.29) is 0 Å². The number of nitrogens with zero attached hydrogens (tertiary/aromatic N) is 4. The van der Waals surface area contributed by atoms with E-state index < -0.39 is 0 Å². The fourth-order valence-electron chi connectivity index (χ4n) is 3.22. The molecule has 8 nitrogen and oxygen atoms in total. The molecule has 3 heterocycles. The van der Waals surface area contributed by atoms with E-state index in [1.807, 2.05) is 30.5 Å². The third-order valence-electron chi connectivity index (χ3n) is 4.71. The van der Waals surface area contributed by atoms with Crippen molar-refractivity contribution in [2.24, 2.45) is 0 Å². The molecule has 3 aromatic rings. The van der Waals surface area contributed by atoms with Crippen LogP contribution in [0.5, 0.6) is 0 Å². The highest BCUT2D eigenvalue weighted by atomic mass is 16.5. The molecule has 1 saturated heterocycles. The topological polar surface area (TPSA) is 102 Å². The third-order valence-corrected chi connectivity index (χ3v) is 4.71. The second-order valence-electron chi connectivity index (χ2n) is 7.14. The summed E-state index contributed by atoms with van der Waals surface area (Å²) in [6, 6.07) is 7.88. The van der Waals surface area contributed by atoms with Crippen molar-refractivity contribution in [3.8, 4) is 0 Å². The van der Waals surface area contributed by atoms with Gasteiger partial charge >= 0.3 is 0 Å². The van der Waals surface area contributed by atoms with Gasteiger partial charge in [0.2, 0.25) is 11.9 Å². The summed E-state index contributed by atoms with van der Waals surface area (Å²) < 4.78 is 7.18. The molecule has 27 heavy (non-hydrogen) atoms. The van der Waals surface area contributed by atoms with Crippen LogP contribution in [0.25, 0.3) is 5.65 Å². The number of hydrogen-bond acceptors (Lipinski definition) is 7. The highest BCUT2D eigenvalue weighted by Crippen LogP contribution is 2.25. The van der Waals surface area contributed by atoms with Gasteiger partial charge in [-0.05, 0) is 37.0 Å². The van der Waals surface area contributed by atoms with Gasteiger partial charge in [-0.25, -0.2) is 0 Å². The zero-order valence-electron chi connectivity index (χ0n) is 15.6. The number of nitrogens with two attached hydrogens (primary N) is 1. The van der Waals surface area contributed by atoms with Gasteiger partial charge in [-0.15, -0.1) is 0 Å². The van der Waals surface area contributed by atoms with E-state index in [1.54, 1.807) is 4.52 Å². The van der Waals surface area contributed by atoms with Gasteiger partial charge in [-0.1, -0.05) is 19.9 Å². The lowest BCUT2D eigenvalue weighted by atomic mass is 10.1. The van der Waals surface area contributed by atoms with E-state index in [0.29, 0.717) is 29.5 Å². The zero-order chi connectivity index (χ0) is 18.8. The molecule has 4 rings (SSSR count). The molecule has 4 N–H and O–H groups in total. The molecule has 0 aliphatic carbocycles. The number of aromatic nitrogens is 4. The molecule has 0 radical (unpaired) electrons. The highest BCUT2D eigenvalue weighted by molar-refractivity contribution is 5.63. The Morgan fingerprint density at radius 3 is 2.78 bits per heavy atom. The number of nitrogen functional groups attached to an aromatic ring is 1. The van der Waals surface area contributed by atoms with Crippen molar-refractivity contribution < 1.29 is 4.74 Å². The third kappa shape index (κ3) is 3.80. The summed E-state index contributed by atoms with van der Waals surface area (Å²) in [5.41, 5.74) is 9.34. The first kappa shape index (κ1) is 17.5. The predicted molar refractivity (Wildman–Crippen MR) is 106 cm³/mol. The van der Waals surface area contributed by atoms with Crippen molar-refractivity contribution in [1.29, 1.82) is 0 Å². The van der Waals surface area contributed by atoms with Crippen LogP contribution in [0.4, 0.5) is 23.3 Å². The Labute approximate surface area is 158 Å². The van der Waals surface area contributed by atoms with E-state index in [9.17, 15) is 0 Å². The molecular weight excluding hydrogens is 342 g/mol. The molecular formula is C19H25N7O. The standard InChI is InChI=1S/C19H25N7O/c1-12(2)16-11-21-26-17(16)24-18(22-14-6-8-27-9-7-14)25-19(26)23-15-5-3-4-13(20)10-15/h3-5,10-12,14H,6-9,20H2,1-2H3,(H2,22,23,24,25). The van der Waals surface area contributed by atoms with Gasteiger partial charge in [0.1, 0.15) is 0 Å². The molecule has 1 aliphatic heterocycles. The molecule has 0 saturated carbocycles. The Hall–Kier alpha value is -2.87. The maximum atomic E-state index is 5.90. The lowest BCUT2D eigenvalue weighted by molar-refractivity contribution is 0.0903. The van der Waals surface area contributed by atoms with E-state index in [2.05, 4.69) is 34.6 Å². The number of nitrogens with one attached hydrogen (secondary N) is 2. The number of anilines is 4. The van der Waals surface area contributed by atoms with E-state index in [1.165, 1.54) is 0 Å². The zero-order valence-corrected chi connectivity index (χ0v) is 15.6. The van der Waals surface area contributed by atoms with Gasteiger partial charge in [0.05, 0.1) is 6.20 Å². The molecule has 0 unspecified atom stereocenters. The summed E-state index contributed by atoms with van der Waals surface area (Å²) in [5, 5.41) is 11.3. The molecule has 0 bridgehead atoms. The van der Waals surface area contributed by atoms with Gasteiger partial charge in [0.15, 0.2) is 5.65 Å². The van der Waals surface area contributed by atoms with Gasteiger partial charge in [-0.2, -0.15) is 19.6 Å². The van der Waals surface area contributed by atoms with Crippen molar-refractivity contribution in [2.45, 2.75) is 38.6 Å². The van der Waals surface area contributed by atoms with Crippen LogP contribution in [0.3, 0.4) is 0 Å². The minimum absolute atomic E-state index is 0.312. The monoisotopic (exact) mass is 367 g/mol. The number of ether oxygens (including phenoxy) is 1. The molecule has 8 heteroatoms. The summed E-state index contributed by atoms with van der Waals surface area (Å²) in [4.78, 5) is 9.42. The fourth-order valence-corrected chi connectivity index (χ4v) is 3.22. The Bertz CT molecular complexity index is 931. The van der Waals surface area contributed by atoms with Crippen molar-refractivity contribution in [3.63, 3.8) is 0 Å². The summed E-state index contributed by atoms with van der Waals surface area (Å²) >= 11 is 0.